The maximum Gasteiger partial charge on any atom is 0.228 e. The minimum absolute atomic E-state index is 0.121. The fourth-order valence-electron chi connectivity index (χ4n) is 3.37. The predicted molar refractivity (Wildman–Crippen MR) is 102 cm³/mol. The highest BCUT2D eigenvalue weighted by molar-refractivity contribution is 5.80. The van der Waals surface area contributed by atoms with Gasteiger partial charge in [0.25, 0.3) is 0 Å². The van der Waals surface area contributed by atoms with Gasteiger partial charge in [-0.2, -0.15) is 0 Å². The zero-order valence-corrected chi connectivity index (χ0v) is 15.6. The molecule has 5 nitrogen and oxygen atoms in total. The van der Waals surface area contributed by atoms with Crippen molar-refractivity contribution < 1.29 is 9.59 Å². The Labute approximate surface area is 155 Å². The molecule has 0 bridgehead atoms. The molecule has 0 spiro atoms. The monoisotopic (exact) mass is 353 g/mol. The first kappa shape index (κ1) is 18.2. The van der Waals surface area contributed by atoms with Crippen molar-refractivity contribution in [2.24, 2.45) is 0 Å². The summed E-state index contributed by atoms with van der Waals surface area (Å²) in [5.74, 6) is 0.267. The molecule has 1 aromatic carbocycles. The highest BCUT2D eigenvalue weighted by Crippen LogP contribution is 2.13. The van der Waals surface area contributed by atoms with Crippen LogP contribution in [0.1, 0.15) is 28.8 Å². The van der Waals surface area contributed by atoms with Crippen LogP contribution >= 0.6 is 0 Å². The van der Waals surface area contributed by atoms with Gasteiger partial charge in [0.15, 0.2) is 0 Å². The van der Waals surface area contributed by atoms with Crippen LogP contribution in [-0.2, 0) is 22.4 Å². The summed E-state index contributed by atoms with van der Waals surface area (Å²) in [7, 11) is 0. The van der Waals surface area contributed by atoms with E-state index in [1.165, 1.54) is 11.1 Å². The lowest BCUT2D eigenvalue weighted by molar-refractivity contribution is -0.132. The Morgan fingerprint density at radius 1 is 0.923 bits per heavy atom. The molecular weight excluding hydrogens is 326 g/mol. The number of nitrogens with zero attached hydrogens (tertiary/aromatic N) is 2. The Bertz CT molecular complexity index is 768. The second kappa shape index (κ2) is 8.21. The Morgan fingerprint density at radius 3 is 2.23 bits per heavy atom. The number of aryl methyl sites for hydroxylation is 2. The van der Waals surface area contributed by atoms with Gasteiger partial charge in [-0.1, -0.05) is 18.2 Å². The number of hydrogen-bond acceptors (Lipinski definition) is 2. The summed E-state index contributed by atoms with van der Waals surface area (Å²) in [4.78, 5) is 32.0. The number of aromatic amines is 1. The summed E-state index contributed by atoms with van der Waals surface area (Å²) in [5, 5.41) is 0. The molecule has 3 rings (SSSR count). The van der Waals surface area contributed by atoms with Gasteiger partial charge in [-0.3, -0.25) is 9.59 Å². The predicted octanol–water partition coefficient (Wildman–Crippen LogP) is 2.48. The number of benzene rings is 1. The lowest BCUT2D eigenvalue weighted by Crippen LogP contribution is -2.38. The zero-order valence-electron chi connectivity index (χ0n) is 15.6. The molecule has 1 fully saturated rings. The molecule has 1 aliphatic rings. The van der Waals surface area contributed by atoms with Gasteiger partial charge in [0.2, 0.25) is 11.8 Å². The first-order valence-electron chi connectivity index (χ1n) is 9.27. The molecule has 0 unspecified atom stereocenters. The third kappa shape index (κ3) is 4.54. The number of amides is 2. The summed E-state index contributed by atoms with van der Waals surface area (Å²) in [6.45, 7) is 6.80. The third-order valence-corrected chi connectivity index (χ3v) is 5.13. The largest absolute Gasteiger partial charge is 0.365 e. The van der Waals surface area contributed by atoms with Crippen LogP contribution in [0, 0.1) is 13.8 Å². The molecule has 2 aromatic rings. The molecule has 0 atom stereocenters. The van der Waals surface area contributed by atoms with Crippen molar-refractivity contribution in [2.45, 2.75) is 33.1 Å². The summed E-state index contributed by atoms with van der Waals surface area (Å²) in [5.41, 5.74) is 4.45. The summed E-state index contributed by atoms with van der Waals surface area (Å²) >= 11 is 0. The SMILES string of the molecule is Cc1ccc(CC(=O)N2CCCN(C(=O)Cc3ccc[nH]3)CC2)cc1C. The second-order valence-electron chi connectivity index (χ2n) is 7.08. The van der Waals surface area contributed by atoms with Crippen molar-refractivity contribution >= 4 is 11.8 Å². The van der Waals surface area contributed by atoms with E-state index in [2.05, 4.69) is 31.0 Å². The van der Waals surface area contributed by atoms with Gasteiger partial charge in [0.05, 0.1) is 12.8 Å². The fourth-order valence-corrected chi connectivity index (χ4v) is 3.37. The molecule has 2 heterocycles. The van der Waals surface area contributed by atoms with Gasteiger partial charge in [0.1, 0.15) is 0 Å². The number of aromatic nitrogens is 1. The average molecular weight is 353 g/mol. The van der Waals surface area contributed by atoms with E-state index in [1.54, 1.807) is 0 Å². The number of carbonyl (C=O) groups excluding carboxylic acids is 2. The fraction of sp³-hybridized carbons (Fsp3) is 0.429. The van der Waals surface area contributed by atoms with Crippen LogP contribution in [0.3, 0.4) is 0 Å². The van der Waals surface area contributed by atoms with Crippen LogP contribution in [0.25, 0.3) is 0 Å². The molecule has 1 aliphatic heterocycles. The molecule has 0 aliphatic carbocycles. The van der Waals surface area contributed by atoms with E-state index in [0.717, 1.165) is 24.2 Å². The number of hydrogen-bond donors (Lipinski definition) is 1. The van der Waals surface area contributed by atoms with Crippen molar-refractivity contribution in [1.82, 2.24) is 14.8 Å². The van der Waals surface area contributed by atoms with Crippen LogP contribution in [0.15, 0.2) is 36.5 Å². The lowest BCUT2D eigenvalue weighted by Gasteiger charge is -2.22. The van der Waals surface area contributed by atoms with Crippen molar-refractivity contribution in [1.29, 1.82) is 0 Å². The summed E-state index contributed by atoms with van der Waals surface area (Å²) in [6.07, 6.45) is 3.48. The molecule has 2 amide bonds. The van der Waals surface area contributed by atoms with E-state index in [9.17, 15) is 9.59 Å². The summed E-state index contributed by atoms with van der Waals surface area (Å²) in [6, 6.07) is 10.0. The highest BCUT2D eigenvalue weighted by atomic mass is 16.2. The van der Waals surface area contributed by atoms with E-state index in [-0.39, 0.29) is 11.8 Å². The first-order chi connectivity index (χ1) is 12.5. The standard InChI is InChI=1S/C21H27N3O2/c1-16-6-7-18(13-17(16)2)14-20(25)23-9-4-10-24(12-11-23)21(26)15-19-5-3-8-22-19/h3,5-8,13,22H,4,9-12,14-15H2,1-2H3. The molecule has 138 valence electrons. The molecule has 5 heteroatoms. The van der Waals surface area contributed by atoms with E-state index in [0.29, 0.717) is 32.5 Å². The van der Waals surface area contributed by atoms with Crippen molar-refractivity contribution in [3.63, 3.8) is 0 Å². The van der Waals surface area contributed by atoms with Gasteiger partial charge >= 0.3 is 0 Å². The van der Waals surface area contributed by atoms with Crippen molar-refractivity contribution in [3.8, 4) is 0 Å². The summed E-state index contributed by atoms with van der Waals surface area (Å²) < 4.78 is 0. The number of rotatable bonds is 4. The molecule has 0 saturated carbocycles. The normalized spacial score (nSPS) is 15.0. The van der Waals surface area contributed by atoms with E-state index in [4.69, 9.17) is 0 Å². The third-order valence-electron chi connectivity index (χ3n) is 5.13. The highest BCUT2D eigenvalue weighted by Gasteiger charge is 2.22. The van der Waals surface area contributed by atoms with Gasteiger partial charge in [-0.15, -0.1) is 0 Å². The molecule has 0 radical (unpaired) electrons. The minimum Gasteiger partial charge on any atom is -0.365 e. The van der Waals surface area contributed by atoms with Crippen LogP contribution in [-0.4, -0.2) is 52.8 Å². The Balaban J connectivity index is 1.54. The molecular formula is C21H27N3O2. The zero-order chi connectivity index (χ0) is 18.5. The Hall–Kier alpha value is -2.56. The molecule has 1 N–H and O–H groups in total. The maximum absolute atomic E-state index is 12.7. The molecule has 26 heavy (non-hydrogen) atoms. The maximum atomic E-state index is 12.7. The van der Waals surface area contributed by atoms with Gasteiger partial charge in [0, 0.05) is 38.1 Å². The Kier molecular flexibility index (Phi) is 5.76. The molecule has 1 aromatic heterocycles. The molecule has 1 saturated heterocycles. The number of nitrogens with one attached hydrogen (secondary N) is 1. The van der Waals surface area contributed by atoms with Crippen molar-refractivity contribution in [2.75, 3.05) is 26.2 Å². The van der Waals surface area contributed by atoms with Gasteiger partial charge in [-0.05, 0) is 49.1 Å². The first-order valence-corrected chi connectivity index (χ1v) is 9.27. The van der Waals surface area contributed by atoms with Crippen LogP contribution < -0.4 is 0 Å². The van der Waals surface area contributed by atoms with Gasteiger partial charge < -0.3 is 14.8 Å². The second-order valence-corrected chi connectivity index (χ2v) is 7.08. The smallest absolute Gasteiger partial charge is 0.228 e. The van der Waals surface area contributed by atoms with Crippen LogP contribution in [0.4, 0.5) is 0 Å². The van der Waals surface area contributed by atoms with Crippen molar-refractivity contribution in [3.05, 3.63) is 58.9 Å². The quantitative estimate of drug-likeness (QED) is 0.918. The van der Waals surface area contributed by atoms with E-state index >= 15 is 0 Å². The Morgan fingerprint density at radius 2 is 1.62 bits per heavy atom. The van der Waals surface area contributed by atoms with Crippen LogP contribution in [0.5, 0.6) is 0 Å². The van der Waals surface area contributed by atoms with Crippen LogP contribution in [0.2, 0.25) is 0 Å². The number of carbonyl (C=O) groups is 2. The van der Waals surface area contributed by atoms with E-state index < -0.39 is 0 Å². The van der Waals surface area contributed by atoms with Gasteiger partial charge in [-0.25, -0.2) is 0 Å². The average Bonchev–Trinajstić information content (AvgIpc) is 2.99. The number of H-pyrrole nitrogens is 1. The lowest BCUT2D eigenvalue weighted by atomic mass is 10.0. The minimum atomic E-state index is 0.121. The van der Waals surface area contributed by atoms with E-state index in [1.807, 2.05) is 34.2 Å². The topological polar surface area (TPSA) is 56.4 Å².